The van der Waals surface area contributed by atoms with Crippen molar-refractivity contribution in [3.05, 3.63) is 46.0 Å². The Morgan fingerprint density at radius 2 is 2.19 bits per heavy atom. The molecule has 0 aliphatic heterocycles. The number of carbonyl (C=O) groups is 1. The van der Waals surface area contributed by atoms with E-state index in [0.29, 0.717) is 24.4 Å². The molecule has 1 aliphatic carbocycles. The third kappa shape index (κ3) is 4.39. The molecule has 1 fully saturated rings. The van der Waals surface area contributed by atoms with Crippen molar-refractivity contribution < 1.29 is 14.8 Å². The zero-order valence-electron chi connectivity index (χ0n) is 11.6. The van der Waals surface area contributed by atoms with Gasteiger partial charge in [0.1, 0.15) is 0 Å². The minimum Gasteiger partial charge on any atom is -0.393 e. The lowest BCUT2D eigenvalue weighted by molar-refractivity contribution is -0.385. The molecule has 1 saturated carbocycles. The molecule has 21 heavy (non-hydrogen) atoms. The molecule has 2 unspecified atom stereocenters. The van der Waals surface area contributed by atoms with Crippen LogP contribution in [0.1, 0.15) is 24.8 Å². The molecule has 1 amide bonds. The molecule has 1 aromatic carbocycles. The lowest BCUT2D eigenvalue weighted by Gasteiger charge is -2.09. The van der Waals surface area contributed by atoms with E-state index in [1.165, 1.54) is 18.2 Å². The number of nitro benzene ring substituents is 1. The quantitative estimate of drug-likeness (QED) is 0.492. The monoisotopic (exact) mass is 290 g/mol. The molecule has 0 heterocycles. The van der Waals surface area contributed by atoms with Gasteiger partial charge in [-0.25, -0.2) is 0 Å². The normalized spacial score (nSPS) is 21.6. The van der Waals surface area contributed by atoms with Gasteiger partial charge >= 0.3 is 0 Å². The second-order valence-electron chi connectivity index (χ2n) is 5.23. The van der Waals surface area contributed by atoms with Crippen LogP contribution < -0.4 is 5.32 Å². The van der Waals surface area contributed by atoms with Gasteiger partial charge in [-0.1, -0.05) is 12.1 Å². The van der Waals surface area contributed by atoms with Gasteiger partial charge in [0.2, 0.25) is 5.91 Å². The first-order valence-electron chi connectivity index (χ1n) is 6.93. The van der Waals surface area contributed by atoms with Crippen molar-refractivity contribution in [3.63, 3.8) is 0 Å². The molecule has 1 aromatic rings. The van der Waals surface area contributed by atoms with E-state index in [-0.39, 0.29) is 17.7 Å². The molecule has 0 bridgehead atoms. The predicted molar refractivity (Wildman–Crippen MR) is 78.5 cm³/mol. The average molecular weight is 290 g/mol. The molecule has 0 saturated heterocycles. The van der Waals surface area contributed by atoms with Gasteiger partial charge in [-0.05, 0) is 37.3 Å². The highest BCUT2D eigenvalue weighted by molar-refractivity contribution is 5.92. The van der Waals surface area contributed by atoms with Crippen LogP contribution in [0.2, 0.25) is 0 Å². The van der Waals surface area contributed by atoms with E-state index in [1.54, 1.807) is 18.2 Å². The van der Waals surface area contributed by atoms with Crippen LogP contribution in [0.15, 0.2) is 30.3 Å². The number of hydrogen-bond donors (Lipinski definition) is 2. The molecular formula is C15H18N2O4. The number of carbonyl (C=O) groups excluding carboxylic acids is 1. The summed E-state index contributed by atoms with van der Waals surface area (Å²) in [5, 5.41) is 23.0. The number of nitrogens with one attached hydrogen (secondary N) is 1. The fourth-order valence-electron chi connectivity index (χ4n) is 2.50. The van der Waals surface area contributed by atoms with Crippen LogP contribution in [0.25, 0.3) is 6.08 Å². The zero-order chi connectivity index (χ0) is 15.2. The molecule has 2 N–H and O–H groups in total. The molecular weight excluding hydrogens is 272 g/mol. The van der Waals surface area contributed by atoms with Crippen molar-refractivity contribution >= 4 is 17.7 Å². The van der Waals surface area contributed by atoms with Crippen LogP contribution in [-0.4, -0.2) is 28.6 Å². The summed E-state index contributed by atoms with van der Waals surface area (Å²) in [4.78, 5) is 22.1. The summed E-state index contributed by atoms with van der Waals surface area (Å²) in [6, 6.07) is 6.26. The Balaban J connectivity index is 1.89. The van der Waals surface area contributed by atoms with Crippen molar-refractivity contribution in [2.45, 2.75) is 25.4 Å². The summed E-state index contributed by atoms with van der Waals surface area (Å²) in [7, 11) is 0. The summed E-state index contributed by atoms with van der Waals surface area (Å²) in [5.41, 5.74) is 0.370. The maximum Gasteiger partial charge on any atom is 0.276 e. The third-order valence-corrected chi connectivity index (χ3v) is 3.63. The molecule has 2 atom stereocenters. The van der Waals surface area contributed by atoms with Crippen LogP contribution in [0, 0.1) is 16.0 Å². The lowest BCUT2D eigenvalue weighted by atomic mass is 10.1. The number of nitrogens with zero attached hydrogens (tertiary/aromatic N) is 1. The Hall–Kier alpha value is -2.21. The standard InChI is InChI=1S/C15H18N2O4/c18-13-7-5-11(9-13)10-16-15(19)8-6-12-3-1-2-4-14(12)17(20)21/h1-4,6,8,11,13,18H,5,7,9-10H2,(H,16,19)/b8-6+. The van der Waals surface area contributed by atoms with E-state index in [9.17, 15) is 20.0 Å². The van der Waals surface area contributed by atoms with Crippen LogP contribution in [0.4, 0.5) is 5.69 Å². The van der Waals surface area contributed by atoms with Gasteiger partial charge in [-0.3, -0.25) is 14.9 Å². The van der Waals surface area contributed by atoms with Gasteiger partial charge in [0.15, 0.2) is 0 Å². The highest BCUT2D eigenvalue weighted by Crippen LogP contribution is 2.24. The van der Waals surface area contributed by atoms with Gasteiger partial charge in [-0.2, -0.15) is 0 Å². The zero-order valence-corrected chi connectivity index (χ0v) is 11.6. The predicted octanol–water partition coefficient (Wildman–Crippen LogP) is 1.89. The molecule has 2 rings (SSSR count). The Bertz CT molecular complexity index is 556. The molecule has 1 aliphatic rings. The first kappa shape index (κ1) is 15.2. The first-order chi connectivity index (χ1) is 10.1. The number of hydrogen-bond acceptors (Lipinski definition) is 4. The molecule has 112 valence electrons. The van der Waals surface area contributed by atoms with Gasteiger partial charge in [0, 0.05) is 18.7 Å². The van der Waals surface area contributed by atoms with E-state index < -0.39 is 4.92 Å². The highest BCUT2D eigenvalue weighted by atomic mass is 16.6. The van der Waals surface area contributed by atoms with Gasteiger partial charge in [-0.15, -0.1) is 0 Å². The second-order valence-corrected chi connectivity index (χ2v) is 5.23. The van der Waals surface area contributed by atoms with Crippen molar-refractivity contribution in [3.8, 4) is 0 Å². The van der Waals surface area contributed by atoms with Crippen LogP contribution in [0.5, 0.6) is 0 Å². The maximum atomic E-state index is 11.7. The number of para-hydroxylation sites is 1. The molecule has 0 aromatic heterocycles. The van der Waals surface area contributed by atoms with E-state index in [0.717, 1.165) is 12.8 Å². The van der Waals surface area contributed by atoms with Gasteiger partial charge < -0.3 is 10.4 Å². The van der Waals surface area contributed by atoms with E-state index in [2.05, 4.69) is 5.32 Å². The maximum absolute atomic E-state index is 11.7. The lowest BCUT2D eigenvalue weighted by Crippen LogP contribution is -2.26. The summed E-state index contributed by atoms with van der Waals surface area (Å²) < 4.78 is 0. The smallest absolute Gasteiger partial charge is 0.276 e. The van der Waals surface area contributed by atoms with Crippen molar-refractivity contribution in [1.82, 2.24) is 5.32 Å². The number of amides is 1. The molecule has 6 nitrogen and oxygen atoms in total. The van der Waals surface area contributed by atoms with E-state index in [4.69, 9.17) is 0 Å². The van der Waals surface area contributed by atoms with E-state index >= 15 is 0 Å². The first-order valence-corrected chi connectivity index (χ1v) is 6.93. The largest absolute Gasteiger partial charge is 0.393 e. The minimum atomic E-state index is -0.475. The van der Waals surface area contributed by atoms with E-state index in [1.807, 2.05) is 0 Å². The second kappa shape index (κ2) is 6.99. The topological polar surface area (TPSA) is 92.5 Å². The number of nitro groups is 1. The summed E-state index contributed by atoms with van der Waals surface area (Å²) >= 11 is 0. The fraction of sp³-hybridized carbons (Fsp3) is 0.400. The van der Waals surface area contributed by atoms with Gasteiger partial charge in [0.25, 0.3) is 5.69 Å². The molecule has 6 heteroatoms. The number of benzene rings is 1. The van der Waals surface area contributed by atoms with Crippen molar-refractivity contribution in [1.29, 1.82) is 0 Å². The van der Waals surface area contributed by atoms with Crippen LogP contribution >= 0.6 is 0 Å². The number of aliphatic hydroxyl groups is 1. The van der Waals surface area contributed by atoms with Crippen molar-refractivity contribution in [2.75, 3.05) is 6.54 Å². The fourth-order valence-corrected chi connectivity index (χ4v) is 2.50. The molecule has 0 radical (unpaired) electrons. The van der Waals surface area contributed by atoms with Crippen molar-refractivity contribution in [2.24, 2.45) is 5.92 Å². The number of aliphatic hydroxyl groups excluding tert-OH is 1. The minimum absolute atomic E-state index is 0.0273. The Morgan fingerprint density at radius 1 is 1.43 bits per heavy atom. The van der Waals surface area contributed by atoms with Gasteiger partial charge in [0.05, 0.1) is 16.6 Å². The third-order valence-electron chi connectivity index (χ3n) is 3.63. The Kier molecular flexibility index (Phi) is 5.05. The Labute approximate surface area is 122 Å². The Morgan fingerprint density at radius 3 is 2.86 bits per heavy atom. The SMILES string of the molecule is O=C(/C=C/c1ccccc1[N+](=O)[O-])NCC1CCC(O)C1. The average Bonchev–Trinajstić information content (AvgIpc) is 2.88. The van der Waals surface area contributed by atoms with Crippen LogP contribution in [0.3, 0.4) is 0 Å². The summed E-state index contributed by atoms with van der Waals surface area (Å²) in [6.07, 6.45) is 4.90. The summed E-state index contributed by atoms with van der Waals surface area (Å²) in [5.74, 6) is 0.0259. The summed E-state index contributed by atoms with van der Waals surface area (Å²) in [6.45, 7) is 0.525. The number of rotatable bonds is 5. The molecule has 0 spiro atoms. The van der Waals surface area contributed by atoms with Crippen LogP contribution in [-0.2, 0) is 4.79 Å². The highest BCUT2D eigenvalue weighted by Gasteiger charge is 2.22.